The van der Waals surface area contributed by atoms with E-state index < -0.39 is 0 Å². The van der Waals surface area contributed by atoms with Crippen LogP contribution in [0.5, 0.6) is 11.5 Å². The van der Waals surface area contributed by atoms with E-state index in [1.54, 1.807) is 31.3 Å². The first-order valence-corrected chi connectivity index (χ1v) is 9.89. The van der Waals surface area contributed by atoms with E-state index in [0.29, 0.717) is 31.0 Å². The van der Waals surface area contributed by atoms with Crippen LogP contribution >= 0.6 is 0 Å². The number of hydrogen-bond acceptors (Lipinski definition) is 5. The van der Waals surface area contributed by atoms with Crippen molar-refractivity contribution in [3.8, 4) is 11.5 Å². The Labute approximate surface area is 176 Å². The molecule has 6 nitrogen and oxygen atoms in total. The van der Waals surface area contributed by atoms with E-state index in [2.05, 4.69) is 5.16 Å². The Kier molecular flexibility index (Phi) is 6.92. The maximum atomic E-state index is 13.2. The highest BCUT2D eigenvalue weighted by atomic mass is 19.1. The number of hydrogen-bond donors (Lipinski definition) is 0. The molecule has 1 amide bonds. The minimum Gasteiger partial charge on any atom is -0.493 e. The van der Waals surface area contributed by atoms with Gasteiger partial charge in [-0.15, -0.1) is 0 Å². The molecular formula is C23H27FN2O4. The van der Waals surface area contributed by atoms with Crippen molar-refractivity contribution < 1.29 is 23.5 Å². The number of carbonyl (C=O) groups is 1. The third kappa shape index (κ3) is 5.09. The molecule has 0 N–H and O–H groups in total. The fourth-order valence-corrected chi connectivity index (χ4v) is 3.37. The lowest BCUT2D eigenvalue weighted by atomic mass is 10.0. The van der Waals surface area contributed by atoms with Crippen molar-refractivity contribution in [2.24, 2.45) is 11.1 Å². The first-order valence-electron chi connectivity index (χ1n) is 9.89. The van der Waals surface area contributed by atoms with Crippen molar-refractivity contribution in [2.45, 2.75) is 32.9 Å². The topological polar surface area (TPSA) is 60.4 Å². The normalized spacial score (nSPS) is 15.5. The standard InChI is InChI=1S/C23H27FN2O4/c1-15(2)23(27)26(13-16-5-8-18(24)9-6-16)14-19-12-20(25-30-19)17-7-10-21(28-3)22(11-17)29-4/h5-11,15,19H,12-14H2,1-4H3/t19-/m0/s1. The number of nitrogens with zero attached hydrogens (tertiary/aromatic N) is 2. The zero-order valence-electron chi connectivity index (χ0n) is 17.7. The average molecular weight is 414 g/mol. The summed E-state index contributed by atoms with van der Waals surface area (Å²) in [5, 5.41) is 4.23. The molecule has 2 aromatic carbocycles. The molecule has 0 fully saturated rings. The predicted octanol–water partition coefficient (Wildman–Crippen LogP) is 4.02. The van der Waals surface area contributed by atoms with Crippen LogP contribution in [0, 0.1) is 11.7 Å². The van der Waals surface area contributed by atoms with Crippen LogP contribution < -0.4 is 9.47 Å². The van der Waals surface area contributed by atoms with Gasteiger partial charge in [-0.1, -0.05) is 31.1 Å². The SMILES string of the molecule is COc1ccc(C2=NO[C@H](CN(Cc3ccc(F)cc3)C(=O)C(C)C)C2)cc1OC. The van der Waals surface area contributed by atoms with Crippen LogP contribution in [-0.4, -0.2) is 43.4 Å². The van der Waals surface area contributed by atoms with E-state index in [1.165, 1.54) is 12.1 Å². The van der Waals surface area contributed by atoms with Crippen molar-refractivity contribution in [3.05, 3.63) is 59.4 Å². The summed E-state index contributed by atoms with van der Waals surface area (Å²) in [6, 6.07) is 11.8. The maximum Gasteiger partial charge on any atom is 0.225 e. The Hall–Kier alpha value is -3.09. The van der Waals surface area contributed by atoms with Crippen molar-refractivity contribution in [1.29, 1.82) is 0 Å². The van der Waals surface area contributed by atoms with Crippen LogP contribution in [0.15, 0.2) is 47.6 Å². The number of halogens is 1. The van der Waals surface area contributed by atoms with Gasteiger partial charge in [0.2, 0.25) is 5.91 Å². The summed E-state index contributed by atoms with van der Waals surface area (Å²) >= 11 is 0. The molecule has 0 aliphatic carbocycles. The van der Waals surface area contributed by atoms with Gasteiger partial charge in [0.1, 0.15) is 5.82 Å². The molecule has 0 saturated carbocycles. The third-order valence-electron chi connectivity index (χ3n) is 4.97. The van der Waals surface area contributed by atoms with Gasteiger partial charge < -0.3 is 19.2 Å². The van der Waals surface area contributed by atoms with Gasteiger partial charge >= 0.3 is 0 Å². The van der Waals surface area contributed by atoms with E-state index in [4.69, 9.17) is 14.3 Å². The molecule has 30 heavy (non-hydrogen) atoms. The Morgan fingerprint density at radius 2 is 1.87 bits per heavy atom. The quantitative estimate of drug-likeness (QED) is 0.655. The van der Waals surface area contributed by atoms with Crippen molar-refractivity contribution >= 4 is 11.6 Å². The summed E-state index contributed by atoms with van der Waals surface area (Å²) < 4.78 is 23.8. The first kappa shape index (κ1) is 21.6. The van der Waals surface area contributed by atoms with Gasteiger partial charge in [-0.05, 0) is 35.9 Å². The van der Waals surface area contributed by atoms with Crippen molar-refractivity contribution in [2.75, 3.05) is 20.8 Å². The molecule has 0 bridgehead atoms. The summed E-state index contributed by atoms with van der Waals surface area (Å²) in [7, 11) is 3.17. The molecule has 1 aliphatic rings. The highest BCUT2D eigenvalue weighted by Gasteiger charge is 2.28. The van der Waals surface area contributed by atoms with E-state index in [9.17, 15) is 9.18 Å². The molecule has 2 aromatic rings. The molecule has 1 aliphatic heterocycles. The fraction of sp³-hybridized carbons (Fsp3) is 0.391. The number of methoxy groups -OCH3 is 2. The number of amides is 1. The van der Waals surface area contributed by atoms with Crippen molar-refractivity contribution in [1.82, 2.24) is 4.90 Å². The van der Waals surface area contributed by atoms with Gasteiger partial charge in [0, 0.05) is 24.4 Å². The van der Waals surface area contributed by atoms with Gasteiger partial charge in [0.05, 0.1) is 26.5 Å². The van der Waals surface area contributed by atoms with Crippen LogP contribution in [-0.2, 0) is 16.2 Å². The molecule has 1 atom stereocenters. The number of carbonyl (C=O) groups excluding carboxylic acids is 1. The van der Waals surface area contributed by atoms with E-state index in [-0.39, 0.29) is 23.7 Å². The molecule has 1 heterocycles. The summed E-state index contributed by atoms with van der Waals surface area (Å²) in [6.45, 7) is 4.51. The smallest absolute Gasteiger partial charge is 0.225 e. The van der Waals surface area contributed by atoms with Gasteiger partial charge in [-0.25, -0.2) is 4.39 Å². The second-order valence-corrected chi connectivity index (χ2v) is 7.54. The zero-order valence-corrected chi connectivity index (χ0v) is 17.7. The van der Waals surface area contributed by atoms with Gasteiger partial charge in [0.25, 0.3) is 0 Å². The van der Waals surface area contributed by atoms with Crippen LogP contribution in [0.25, 0.3) is 0 Å². The van der Waals surface area contributed by atoms with Crippen LogP contribution in [0.2, 0.25) is 0 Å². The summed E-state index contributed by atoms with van der Waals surface area (Å²) in [5.74, 6) is 0.826. The lowest BCUT2D eigenvalue weighted by Gasteiger charge is -2.26. The number of rotatable bonds is 8. The molecule has 0 spiro atoms. The zero-order chi connectivity index (χ0) is 21.7. The number of oxime groups is 1. The minimum atomic E-state index is -0.299. The second-order valence-electron chi connectivity index (χ2n) is 7.54. The van der Waals surface area contributed by atoms with Crippen LogP contribution in [0.4, 0.5) is 4.39 Å². The molecular weight excluding hydrogens is 387 g/mol. The Bertz CT molecular complexity index is 912. The van der Waals surface area contributed by atoms with E-state index in [0.717, 1.165) is 16.8 Å². The molecule has 0 saturated heterocycles. The minimum absolute atomic E-state index is 0.0162. The molecule has 0 aromatic heterocycles. The maximum absolute atomic E-state index is 13.2. The number of benzene rings is 2. The van der Waals surface area contributed by atoms with Gasteiger partial charge in [-0.2, -0.15) is 0 Å². The predicted molar refractivity (Wildman–Crippen MR) is 112 cm³/mol. The molecule has 7 heteroatoms. The van der Waals surface area contributed by atoms with Crippen molar-refractivity contribution in [3.63, 3.8) is 0 Å². The number of ether oxygens (including phenoxy) is 2. The Balaban J connectivity index is 1.69. The van der Waals surface area contributed by atoms with Gasteiger partial charge in [0.15, 0.2) is 17.6 Å². The van der Waals surface area contributed by atoms with E-state index >= 15 is 0 Å². The van der Waals surface area contributed by atoms with Crippen LogP contribution in [0.3, 0.4) is 0 Å². The molecule has 3 rings (SSSR count). The van der Waals surface area contributed by atoms with Gasteiger partial charge in [-0.3, -0.25) is 4.79 Å². The fourth-order valence-electron chi connectivity index (χ4n) is 3.37. The first-order chi connectivity index (χ1) is 14.4. The molecule has 160 valence electrons. The highest BCUT2D eigenvalue weighted by molar-refractivity contribution is 6.01. The lowest BCUT2D eigenvalue weighted by molar-refractivity contribution is -0.136. The van der Waals surface area contributed by atoms with Crippen LogP contribution in [0.1, 0.15) is 31.4 Å². The monoisotopic (exact) mass is 414 g/mol. The summed E-state index contributed by atoms with van der Waals surface area (Å²) in [5.41, 5.74) is 2.54. The Morgan fingerprint density at radius 3 is 2.50 bits per heavy atom. The average Bonchev–Trinajstić information content (AvgIpc) is 3.22. The third-order valence-corrected chi connectivity index (χ3v) is 4.97. The lowest BCUT2D eigenvalue weighted by Crippen LogP contribution is -2.39. The highest BCUT2D eigenvalue weighted by Crippen LogP contribution is 2.29. The summed E-state index contributed by atoms with van der Waals surface area (Å²) in [4.78, 5) is 20.1. The van der Waals surface area contributed by atoms with E-state index in [1.807, 2.05) is 32.0 Å². The Morgan fingerprint density at radius 1 is 1.17 bits per heavy atom. The summed E-state index contributed by atoms with van der Waals surface area (Å²) in [6.07, 6.45) is 0.317. The largest absolute Gasteiger partial charge is 0.493 e. The molecule has 0 unspecified atom stereocenters. The second kappa shape index (κ2) is 9.61. The molecule has 0 radical (unpaired) electrons.